The summed E-state index contributed by atoms with van der Waals surface area (Å²) in [6, 6.07) is 10.2. The van der Waals surface area contributed by atoms with E-state index >= 15 is 0 Å². The van der Waals surface area contributed by atoms with Crippen LogP contribution >= 0.6 is 11.3 Å². The standard InChI is InChI=1S/C16H18N4S/c1-10(2)7-11-8-15(20-17)19-16(18-11)13-9-21-14-6-4-3-5-12(13)14/h3-6,8-10H,7,17H2,1-2H3,(H,18,19,20). The quantitative estimate of drug-likeness (QED) is 0.567. The minimum atomic E-state index is 0.539. The fraction of sp³-hybridized carbons (Fsp3) is 0.250. The van der Waals surface area contributed by atoms with E-state index in [1.807, 2.05) is 18.2 Å². The van der Waals surface area contributed by atoms with Crippen molar-refractivity contribution in [3.8, 4) is 11.4 Å². The van der Waals surface area contributed by atoms with Crippen molar-refractivity contribution in [2.75, 3.05) is 5.43 Å². The molecule has 0 fully saturated rings. The van der Waals surface area contributed by atoms with Crippen molar-refractivity contribution in [1.82, 2.24) is 9.97 Å². The van der Waals surface area contributed by atoms with Gasteiger partial charge in [-0.1, -0.05) is 32.0 Å². The number of hydrogen-bond donors (Lipinski definition) is 2. The first-order valence-electron chi connectivity index (χ1n) is 6.98. The van der Waals surface area contributed by atoms with E-state index in [9.17, 15) is 0 Å². The number of nitrogens with two attached hydrogens (primary N) is 1. The molecule has 0 unspecified atom stereocenters. The third-order valence-electron chi connectivity index (χ3n) is 3.27. The third-order valence-corrected chi connectivity index (χ3v) is 4.23. The summed E-state index contributed by atoms with van der Waals surface area (Å²) < 4.78 is 1.24. The number of anilines is 1. The van der Waals surface area contributed by atoms with E-state index in [-0.39, 0.29) is 0 Å². The van der Waals surface area contributed by atoms with E-state index in [0.717, 1.165) is 23.5 Å². The summed E-state index contributed by atoms with van der Waals surface area (Å²) in [5.74, 6) is 7.48. The monoisotopic (exact) mass is 298 g/mol. The zero-order chi connectivity index (χ0) is 14.8. The van der Waals surface area contributed by atoms with Gasteiger partial charge in [0.05, 0.1) is 0 Å². The van der Waals surface area contributed by atoms with Crippen LogP contribution in [0.3, 0.4) is 0 Å². The lowest BCUT2D eigenvalue weighted by Crippen LogP contribution is -2.11. The van der Waals surface area contributed by atoms with Crippen LogP contribution < -0.4 is 11.3 Å². The SMILES string of the molecule is CC(C)Cc1cc(NN)nc(-c2csc3ccccc23)n1. The summed E-state index contributed by atoms with van der Waals surface area (Å²) in [5.41, 5.74) is 4.72. The van der Waals surface area contributed by atoms with Crippen LogP contribution in [0, 0.1) is 5.92 Å². The van der Waals surface area contributed by atoms with E-state index in [0.29, 0.717) is 11.7 Å². The number of nitrogens with one attached hydrogen (secondary N) is 1. The summed E-state index contributed by atoms with van der Waals surface area (Å²) in [6.07, 6.45) is 0.909. The molecule has 21 heavy (non-hydrogen) atoms. The predicted molar refractivity (Wildman–Crippen MR) is 89.2 cm³/mol. The highest BCUT2D eigenvalue weighted by atomic mass is 32.1. The van der Waals surface area contributed by atoms with Gasteiger partial charge in [0.1, 0.15) is 5.82 Å². The molecular formula is C16H18N4S. The van der Waals surface area contributed by atoms with E-state index in [4.69, 9.17) is 10.8 Å². The summed E-state index contributed by atoms with van der Waals surface area (Å²) in [6.45, 7) is 4.36. The summed E-state index contributed by atoms with van der Waals surface area (Å²) in [7, 11) is 0. The Labute approximate surface area is 128 Å². The molecule has 0 radical (unpaired) electrons. The van der Waals surface area contributed by atoms with Crippen molar-refractivity contribution in [3.05, 3.63) is 41.4 Å². The van der Waals surface area contributed by atoms with Gasteiger partial charge >= 0.3 is 0 Å². The van der Waals surface area contributed by atoms with Crippen LogP contribution in [0.15, 0.2) is 35.7 Å². The molecule has 2 aromatic heterocycles. The maximum absolute atomic E-state index is 5.55. The minimum absolute atomic E-state index is 0.539. The highest BCUT2D eigenvalue weighted by molar-refractivity contribution is 7.17. The van der Waals surface area contributed by atoms with Crippen LogP contribution in [0.4, 0.5) is 5.82 Å². The normalized spacial score (nSPS) is 11.2. The second-order valence-corrected chi connectivity index (χ2v) is 6.37. The molecule has 3 N–H and O–H groups in total. The Hall–Kier alpha value is -1.98. The van der Waals surface area contributed by atoms with E-state index in [1.54, 1.807) is 11.3 Å². The lowest BCUT2D eigenvalue weighted by Gasteiger charge is -2.09. The summed E-state index contributed by atoms with van der Waals surface area (Å²) in [5, 5.41) is 3.30. The Balaban J connectivity index is 2.12. The van der Waals surface area contributed by atoms with Gasteiger partial charge in [0.15, 0.2) is 5.82 Å². The molecule has 108 valence electrons. The largest absolute Gasteiger partial charge is 0.308 e. The van der Waals surface area contributed by atoms with Crippen molar-refractivity contribution in [3.63, 3.8) is 0 Å². The van der Waals surface area contributed by atoms with Gasteiger partial charge in [-0.05, 0) is 18.4 Å². The molecule has 0 aliphatic rings. The molecule has 4 nitrogen and oxygen atoms in total. The molecule has 2 heterocycles. The first-order chi connectivity index (χ1) is 10.2. The molecule has 0 aliphatic carbocycles. The zero-order valence-corrected chi connectivity index (χ0v) is 12.9. The van der Waals surface area contributed by atoms with Crippen LogP contribution in [-0.2, 0) is 6.42 Å². The van der Waals surface area contributed by atoms with Gasteiger partial charge in [-0.25, -0.2) is 15.8 Å². The fourth-order valence-electron chi connectivity index (χ4n) is 2.37. The fourth-order valence-corrected chi connectivity index (χ4v) is 3.30. The number of hydrogen-bond acceptors (Lipinski definition) is 5. The van der Waals surface area contributed by atoms with Crippen LogP contribution in [0.2, 0.25) is 0 Å². The lowest BCUT2D eigenvalue weighted by molar-refractivity contribution is 0.635. The molecule has 0 saturated heterocycles. The van der Waals surface area contributed by atoms with Gasteiger partial charge < -0.3 is 5.43 Å². The molecule has 5 heteroatoms. The number of nitrogen functional groups attached to an aromatic ring is 1. The number of fused-ring (bicyclic) bond motifs is 1. The maximum atomic E-state index is 5.55. The van der Waals surface area contributed by atoms with Gasteiger partial charge in [-0.15, -0.1) is 11.3 Å². The molecule has 0 spiro atoms. The molecule has 3 rings (SSSR count). The first-order valence-corrected chi connectivity index (χ1v) is 7.86. The minimum Gasteiger partial charge on any atom is -0.308 e. The van der Waals surface area contributed by atoms with E-state index in [2.05, 4.69) is 41.8 Å². The summed E-state index contributed by atoms with van der Waals surface area (Å²) in [4.78, 5) is 9.23. The highest BCUT2D eigenvalue weighted by Gasteiger charge is 2.12. The smallest absolute Gasteiger partial charge is 0.163 e. The molecule has 3 aromatic rings. The second-order valence-electron chi connectivity index (χ2n) is 5.46. The van der Waals surface area contributed by atoms with E-state index in [1.165, 1.54) is 10.1 Å². The van der Waals surface area contributed by atoms with Crippen molar-refractivity contribution >= 4 is 27.2 Å². The van der Waals surface area contributed by atoms with Crippen molar-refractivity contribution in [2.45, 2.75) is 20.3 Å². The number of aromatic nitrogens is 2. The van der Waals surface area contributed by atoms with Gasteiger partial charge in [0.25, 0.3) is 0 Å². The molecule has 0 aliphatic heterocycles. The van der Waals surface area contributed by atoms with E-state index < -0.39 is 0 Å². The van der Waals surface area contributed by atoms with Crippen LogP contribution in [-0.4, -0.2) is 9.97 Å². The second kappa shape index (κ2) is 5.79. The Kier molecular flexibility index (Phi) is 3.86. The van der Waals surface area contributed by atoms with Crippen LogP contribution in [0.5, 0.6) is 0 Å². The van der Waals surface area contributed by atoms with Crippen molar-refractivity contribution in [2.24, 2.45) is 11.8 Å². The molecule has 0 atom stereocenters. The van der Waals surface area contributed by atoms with Crippen LogP contribution in [0.1, 0.15) is 19.5 Å². The molecule has 1 aromatic carbocycles. The average Bonchev–Trinajstić information content (AvgIpc) is 2.90. The topological polar surface area (TPSA) is 63.8 Å². The Morgan fingerprint density at radius 2 is 2.05 bits per heavy atom. The number of thiophene rings is 1. The maximum Gasteiger partial charge on any atom is 0.163 e. The van der Waals surface area contributed by atoms with Gasteiger partial charge in [0, 0.05) is 32.8 Å². The number of hydrazine groups is 1. The Morgan fingerprint density at radius 3 is 2.81 bits per heavy atom. The predicted octanol–water partition coefficient (Wildman–Crippen LogP) is 3.84. The number of nitrogens with zero attached hydrogens (tertiary/aromatic N) is 2. The van der Waals surface area contributed by atoms with Crippen molar-refractivity contribution in [1.29, 1.82) is 0 Å². The average molecular weight is 298 g/mol. The molecular weight excluding hydrogens is 280 g/mol. The van der Waals surface area contributed by atoms with Gasteiger partial charge in [-0.2, -0.15) is 0 Å². The van der Waals surface area contributed by atoms with Gasteiger partial charge in [0.2, 0.25) is 0 Å². The highest BCUT2D eigenvalue weighted by Crippen LogP contribution is 2.32. The van der Waals surface area contributed by atoms with Gasteiger partial charge in [-0.3, -0.25) is 0 Å². The third kappa shape index (κ3) is 2.89. The number of benzene rings is 1. The Morgan fingerprint density at radius 1 is 1.24 bits per heavy atom. The number of rotatable bonds is 4. The molecule has 0 saturated carbocycles. The molecule has 0 bridgehead atoms. The first kappa shape index (κ1) is 14.0. The van der Waals surface area contributed by atoms with Crippen molar-refractivity contribution < 1.29 is 0 Å². The summed E-state index contributed by atoms with van der Waals surface area (Å²) >= 11 is 1.71. The Bertz CT molecular complexity index is 764. The zero-order valence-electron chi connectivity index (χ0n) is 12.1. The van der Waals surface area contributed by atoms with Crippen LogP contribution in [0.25, 0.3) is 21.5 Å². The molecule has 0 amide bonds. The lowest BCUT2D eigenvalue weighted by atomic mass is 10.1.